The Labute approximate surface area is 116 Å². The smallest absolute Gasteiger partial charge is 0.230 e. The fourth-order valence-corrected chi connectivity index (χ4v) is 2.69. The molecule has 0 spiro atoms. The van der Waals surface area contributed by atoms with E-state index in [4.69, 9.17) is 0 Å². The Bertz CT molecular complexity index is 593. The molecule has 0 aliphatic heterocycles. The Morgan fingerprint density at radius 1 is 1.37 bits per heavy atom. The van der Waals surface area contributed by atoms with E-state index in [2.05, 4.69) is 15.5 Å². The van der Waals surface area contributed by atoms with E-state index < -0.39 is 0 Å². The molecule has 0 atom stereocenters. The maximum absolute atomic E-state index is 11.7. The van der Waals surface area contributed by atoms with Crippen molar-refractivity contribution in [2.45, 2.75) is 17.9 Å². The summed E-state index contributed by atoms with van der Waals surface area (Å²) in [4.78, 5) is 11.7. The molecule has 5 heteroatoms. The molecule has 1 N–H and O–H groups in total. The lowest BCUT2D eigenvalue weighted by molar-refractivity contribution is -0.118. The van der Waals surface area contributed by atoms with Gasteiger partial charge in [0.1, 0.15) is 5.03 Å². The van der Waals surface area contributed by atoms with E-state index in [0.29, 0.717) is 11.7 Å². The van der Waals surface area contributed by atoms with Gasteiger partial charge in [0, 0.05) is 17.3 Å². The summed E-state index contributed by atoms with van der Waals surface area (Å²) in [6.45, 7) is 0.820. The molecular weight excluding hydrogens is 258 g/mol. The van der Waals surface area contributed by atoms with Gasteiger partial charge in [-0.1, -0.05) is 36.0 Å². The molecule has 1 heterocycles. The number of hydrogen-bond donors (Lipinski definition) is 1. The minimum Gasteiger partial charge on any atom is -0.355 e. The maximum atomic E-state index is 11.7. The second-order valence-corrected chi connectivity index (χ2v) is 5.74. The normalized spacial score (nSPS) is 14.5. The molecule has 1 aromatic carbocycles. The number of thioether (sulfide) groups is 1. The van der Waals surface area contributed by atoms with Crippen LogP contribution in [0.1, 0.15) is 12.8 Å². The number of aromatic nitrogens is 2. The van der Waals surface area contributed by atoms with Crippen molar-refractivity contribution in [1.29, 1.82) is 0 Å². The van der Waals surface area contributed by atoms with E-state index >= 15 is 0 Å². The Morgan fingerprint density at radius 2 is 2.21 bits per heavy atom. The van der Waals surface area contributed by atoms with E-state index in [-0.39, 0.29) is 5.91 Å². The van der Waals surface area contributed by atoms with Crippen LogP contribution in [0.3, 0.4) is 0 Å². The van der Waals surface area contributed by atoms with Gasteiger partial charge in [0.05, 0.1) is 11.9 Å². The van der Waals surface area contributed by atoms with E-state index in [1.54, 1.807) is 6.20 Å². The summed E-state index contributed by atoms with van der Waals surface area (Å²) in [7, 11) is 0. The molecule has 0 bridgehead atoms. The lowest BCUT2D eigenvalue weighted by atomic mass is 10.2. The second-order valence-electron chi connectivity index (χ2n) is 4.77. The van der Waals surface area contributed by atoms with Crippen LogP contribution in [0.2, 0.25) is 0 Å². The molecule has 1 aromatic heterocycles. The number of amides is 1. The summed E-state index contributed by atoms with van der Waals surface area (Å²) in [5.41, 5.74) is 0. The SMILES string of the molecule is O=C(CSc1nncc2ccccc12)NCC1CC1. The van der Waals surface area contributed by atoms with Crippen LogP contribution in [-0.2, 0) is 4.79 Å². The van der Waals surface area contributed by atoms with Gasteiger partial charge < -0.3 is 5.32 Å². The first-order valence-electron chi connectivity index (χ1n) is 6.43. The van der Waals surface area contributed by atoms with Gasteiger partial charge in [-0.25, -0.2) is 0 Å². The highest BCUT2D eigenvalue weighted by molar-refractivity contribution is 8.00. The minimum atomic E-state index is 0.0756. The van der Waals surface area contributed by atoms with Crippen molar-refractivity contribution < 1.29 is 4.79 Å². The van der Waals surface area contributed by atoms with Gasteiger partial charge in [-0.3, -0.25) is 4.79 Å². The first kappa shape index (κ1) is 12.4. The van der Waals surface area contributed by atoms with Crippen LogP contribution in [0, 0.1) is 5.92 Å². The summed E-state index contributed by atoms with van der Waals surface area (Å²) < 4.78 is 0. The molecule has 19 heavy (non-hydrogen) atoms. The molecule has 4 nitrogen and oxygen atoms in total. The van der Waals surface area contributed by atoms with Crippen molar-refractivity contribution in [3.63, 3.8) is 0 Å². The average molecular weight is 273 g/mol. The Hall–Kier alpha value is -1.62. The summed E-state index contributed by atoms with van der Waals surface area (Å²) >= 11 is 1.44. The van der Waals surface area contributed by atoms with Gasteiger partial charge in [-0.05, 0) is 18.8 Å². The molecule has 98 valence electrons. The Balaban J connectivity index is 1.62. The van der Waals surface area contributed by atoms with Crippen molar-refractivity contribution in [2.75, 3.05) is 12.3 Å². The minimum absolute atomic E-state index is 0.0756. The summed E-state index contributed by atoms with van der Waals surface area (Å²) in [5.74, 6) is 1.19. The van der Waals surface area contributed by atoms with Crippen LogP contribution in [0.25, 0.3) is 10.8 Å². The molecular formula is C14H15N3OS. The number of carbonyl (C=O) groups excluding carboxylic acids is 1. The van der Waals surface area contributed by atoms with Crippen molar-refractivity contribution in [3.8, 4) is 0 Å². The fourth-order valence-electron chi connectivity index (χ4n) is 1.87. The number of hydrogen-bond acceptors (Lipinski definition) is 4. The number of rotatable bonds is 5. The van der Waals surface area contributed by atoms with Gasteiger partial charge in [0.15, 0.2) is 0 Å². The first-order valence-corrected chi connectivity index (χ1v) is 7.41. The summed E-state index contributed by atoms with van der Waals surface area (Å²) in [6.07, 6.45) is 4.25. The molecule has 1 saturated carbocycles. The second kappa shape index (κ2) is 5.57. The Kier molecular flexibility index (Phi) is 3.64. The molecule has 1 amide bonds. The van der Waals surface area contributed by atoms with Gasteiger partial charge in [0.2, 0.25) is 5.91 Å². The van der Waals surface area contributed by atoms with E-state index in [1.807, 2.05) is 24.3 Å². The molecule has 0 unspecified atom stereocenters. The predicted molar refractivity (Wildman–Crippen MR) is 76.0 cm³/mol. The molecule has 1 fully saturated rings. The third kappa shape index (κ3) is 3.23. The van der Waals surface area contributed by atoms with Crippen molar-refractivity contribution in [1.82, 2.24) is 15.5 Å². The zero-order valence-electron chi connectivity index (χ0n) is 10.5. The third-order valence-corrected chi connectivity index (χ3v) is 4.14. The highest BCUT2D eigenvalue weighted by Gasteiger charge is 2.21. The lowest BCUT2D eigenvalue weighted by Crippen LogP contribution is -2.27. The van der Waals surface area contributed by atoms with E-state index in [0.717, 1.165) is 22.3 Å². The van der Waals surface area contributed by atoms with Crippen LogP contribution in [0.15, 0.2) is 35.5 Å². The molecule has 3 rings (SSSR count). The highest BCUT2D eigenvalue weighted by atomic mass is 32.2. The van der Waals surface area contributed by atoms with E-state index in [9.17, 15) is 4.79 Å². The van der Waals surface area contributed by atoms with Crippen molar-refractivity contribution in [2.24, 2.45) is 5.92 Å². The molecule has 0 saturated heterocycles. The number of benzene rings is 1. The average Bonchev–Trinajstić information content (AvgIpc) is 3.27. The fraction of sp³-hybridized carbons (Fsp3) is 0.357. The zero-order valence-corrected chi connectivity index (χ0v) is 11.3. The highest BCUT2D eigenvalue weighted by Crippen LogP contribution is 2.28. The van der Waals surface area contributed by atoms with Gasteiger partial charge >= 0.3 is 0 Å². The van der Waals surface area contributed by atoms with Crippen LogP contribution in [0.5, 0.6) is 0 Å². The first-order chi connectivity index (χ1) is 9.33. The number of nitrogens with one attached hydrogen (secondary N) is 1. The van der Waals surface area contributed by atoms with Crippen LogP contribution >= 0.6 is 11.8 Å². The van der Waals surface area contributed by atoms with Crippen LogP contribution < -0.4 is 5.32 Å². The van der Waals surface area contributed by atoms with Crippen molar-refractivity contribution in [3.05, 3.63) is 30.5 Å². The quantitative estimate of drug-likeness (QED) is 0.849. The van der Waals surface area contributed by atoms with Crippen LogP contribution in [-0.4, -0.2) is 28.4 Å². The zero-order chi connectivity index (χ0) is 13.1. The third-order valence-electron chi connectivity index (χ3n) is 3.16. The summed E-state index contributed by atoms with van der Waals surface area (Å²) in [5, 5.41) is 14.0. The monoisotopic (exact) mass is 273 g/mol. The van der Waals surface area contributed by atoms with Crippen molar-refractivity contribution >= 4 is 28.4 Å². The largest absolute Gasteiger partial charge is 0.355 e. The molecule has 1 aliphatic carbocycles. The number of carbonyl (C=O) groups is 1. The standard InChI is InChI=1S/C14H15N3OS/c18-13(15-7-10-5-6-10)9-19-14-12-4-2-1-3-11(12)8-16-17-14/h1-4,8,10H,5-7,9H2,(H,15,18). The maximum Gasteiger partial charge on any atom is 0.230 e. The predicted octanol–water partition coefficient (Wildman–Crippen LogP) is 2.25. The Morgan fingerprint density at radius 3 is 3.05 bits per heavy atom. The number of fused-ring (bicyclic) bond motifs is 1. The lowest BCUT2D eigenvalue weighted by Gasteiger charge is -2.05. The van der Waals surface area contributed by atoms with Crippen LogP contribution in [0.4, 0.5) is 0 Å². The van der Waals surface area contributed by atoms with Gasteiger partial charge in [-0.2, -0.15) is 5.10 Å². The van der Waals surface area contributed by atoms with E-state index in [1.165, 1.54) is 24.6 Å². The van der Waals surface area contributed by atoms with Gasteiger partial charge in [-0.15, -0.1) is 5.10 Å². The van der Waals surface area contributed by atoms with Gasteiger partial charge in [0.25, 0.3) is 0 Å². The summed E-state index contributed by atoms with van der Waals surface area (Å²) in [6, 6.07) is 7.96. The number of nitrogens with zero attached hydrogens (tertiary/aromatic N) is 2. The molecule has 1 aliphatic rings. The topological polar surface area (TPSA) is 54.9 Å². The molecule has 0 radical (unpaired) electrons. The molecule has 2 aromatic rings.